The van der Waals surface area contributed by atoms with Crippen LogP contribution in [0.5, 0.6) is 0 Å². The molecule has 0 fully saturated rings. The summed E-state index contributed by atoms with van der Waals surface area (Å²) in [5.74, 6) is -0.176. The second-order valence-electron chi connectivity index (χ2n) is 3.46. The first-order valence-corrected chi connectivity index (χ1v) is 4.27. The van der Waals surface area contributed by atoms with Crippen LogP contribution in [-0.2, 0) is 9.53 Å². The van der Waals surface area contributed by atoms with Gasteiger partial charge in [0.15, 0.2) is 0 Å². The van der Waals surface area contributed by atoms with E-state index in [1.54, 1.807) is 0 Å². The average Bonchev–Trinajstić information content (AvgIpc) is 2.02. The molecule has 0 aliphatic rings. The molecule has 0 aromatic carbocycles. The Kier molecular flexibility index (Phi) is 4.90. The van der Waals surface area contributed by atoms with E-state index in [-0.39, 0.29) is 11.9 Å². The van der Waals surface area contributed by atoms with Crippen LogP contribution in [0.2, 0.25) is 0 Å². The lowest BCUT2D eigenvalue weighted by Crippen LogP contribution is -2.33. The number of hydrogen-bond acceptors (Lipinski definition) is 3. The molecule has 0 amide bonds. The number of nitrogens with zero attached hydrogens (tertiary/aromatic N) is 1. The minimum absolute atomic E-state index is 0.0394. The van der Waals surface area contributed by atoms with Gasteiger partial charge in [0.05, 0.1) is 13.0 Å². The van der Waals surface area contributed by atoms with E-state index in [1.807, 2.05) is 14.0 Å². The van der Waals surface area contributed by atoms with Crippen LogP contribution in [0.15, 0.2) is 0 Å². The van der Waals surface area contributed by atoms with Crippen molar-refractivity contribution in [2.24, 2.45) is 5.92 Å². The van der Waals surface area contributed by atoms with E-state index in [0.29, 0.717) is 6.04 Å². The number of ether oxygens (including phenoxy) is 1. The Hall–Kier alpha value is -0.570. The minimum Gasteiger partial charge on any atom is -0.469 e. The predicted molar refractivity (Wildman–Crippen MR) is 48.9 cm³/mol. The van der Waals surface area contributed by atoms with Crippen LogP contribution in [0.25, 0.3) is 0 Å². The molecule has 0 radical (unpaired) electrons. The first kappa shape index (κ1) is 11.4. The molecule has 0 heterocycles. The highest BCUT2D eigenvalue weighted by Gasteiger charge is 2.16. The van der Waals surface area contributed by atoms with E-state index in [2.05, 4.69) is 23.5 Å². The van der Waals surface area contributed by atoms with Crippen LogP contribution in [0.3, 0.4) is 0 Å². The number of esters is 1. The molecular formula is C9H19NO2. The van der Waals surface area contributed by atoms with Crippen LogP contribution in [0, 0.1) is 5.92 Å². The largest absolute Gasteiger partial charge is 0.469 e. The molecule has 3 heteroatoms. The van der Waals surface area contributed by atoms with Gasteiger partial charge in [-0.3, -0.25) is 4.79 Å². The molecule has 0 aromatic rings. The fourth-order valence-electron chi connectivity index (χ4n) is 0.919. The van der Waals surface area contributed by atoms with Crippen molar-refractivity contribution in [3.8, 4) is 0 Å². The molecule has 0 aromatic heterocycles. The first-order valence-electron chi connectivity index (χ1n) is 4.27. The maximum absolute atomic E-state index is 11.0. The van der Waals surface area contributed by atoms with Gasteiger partial charge in [-0.15, -0.1) is 0 Å². The molecule has 1 atom stereocenters. The maximum atomic E-state index is 11.0. The van der Waals surface area contributed by atoms with Gasteiger partial charge in [0, 0.05) is 12.6 Å². The highest BCUT2D eigenvalue weighted by molar-refractivity contribution is 5.72. The summed E-state index contributed by atoms with van der Waals surface area (Å²) in [4.78, 5) is 13.1. The number of rotatable bonds is 4. The fourth-order valence-corrected chi connectivity index (χ4v) is 0.919. The van der Waals surface area contributed by atoms with E-state index in [0.717, 1.165) is 6.54 Å². The van der Waals surface area contributed by atoms with Crippen molar-refractivity contribution in [3.63, 3.8) is 0 Å². The molecule has 0 spiro atoms. The number of carbonyl (C=O) groups excluding carboxylic acids is 1. The lowest BCUT2D eigenvalue weighted by atomic mass is 10.1. The van der Waals surface area contributed by atoms with Crippen molar-refractivity contribution >= 4 is 5.97 Å². The molecule has 0 unspecified atom stereocenters. The minimum atomic E-state index is -0.137. The molecule has 0 N–H and O–H groups in total. The normalized spacial score (nSPS) is 13.6. The van der Waals surface area contributed by atoms with Crippen LogP contribution >= 0.6 is 0 Å². The van der Waals surface area contributed by atoms with Gasteiger partial charge >= 0.3 is 5.97 Å². The molecule has 0 saturated heterocycles. The highest BCUT2D eigenvalue weighted by Crippen LogP contribution is 2.03. The second kappa shape index (κ2) is 5.14. The molecule has 0 saturated carbocycles. The Morgan fingerprint density at radius 3 is 2.25 bits per heavy atom. The average molecular weight is 173 g/mol. The molecular weight excluding hydrogens is 154 g/mol. The van der Waals surface area contributed by atoms with Crippen molar-refractivity contribution in [3.05, 3.63) is 0 Å². The molecule has 72 valence electrons. The Labute approximate surface area is 74.7 Å². The summed E-state index contributed by atoms with van der Waals surface area (Å²) in [5, 5.41) is 0. The van der Waals surface area contributed by atoms with Crippen molar-refractivity contribution in [1.82, 2.24) is 4.90 Å². The lowest BCUT2D eigenvalue weighted by Gasteiger charge is -2.23. The molecule has 3 nitrogen and oxygen atoms in total. The quantitative estimate of drug-likeness (QED) is 0.597. The Morgan fingerprint density at radius 2 is 1.92 bits per heavy atom. The SMILES string of the molecule is COC(=O)[C@H](C)CN(C)C(C)C. The van der Waals surface area contributed by atoms with E-state index >= 15 is 0 Å². The Morgan fingerprint density at radius 1 is 1.42 bits per heavy atom. The van der Waals surface area contributed by atoms with Crippen molar-refractivity contribution < 1.29 is 9.53 Å². The van der Waals surface area contributed by atoms with E-state index in [9.17, 15) is 4.79 Å². The smallest absolute Gasteiger partial charge is 0.309 e. The lowest BCUT2D eigenvalue weighted by molar-refractivity contribution is -0.145. The van der Waals surface area contributed by atoms with Crippen LogP contribution in [0.1, 0.15) is 20.8 Å². The summed E-state index contributed by atoms with van der Waals surface area (Å²) in [6.07, 6.45) is 0. The van der Waals surface area contributed by atoms with Gasteiger partial charge in [-0.2, -0.15) is 0 Å². The molecule has 0 rings (SSSR count). The highest BCUT2D eigenvalue weighted by atomic mass is 16.5. The molecule has 0 aliphatic heterocycles. The van der Waals surface area contributed by atoms with Gasteiger partial charge < -0.3 is 9.64 Å². The van der Waals surface area contributed by atoms with Gasteiger partial charge in [-0.1, -0.05) is 6.92 Å². The molecule has 0 bridgehead atoms. The predicted octanol–water partition coefficient (Wildman–Crippen LogP) is 1.14. The second-order valence-corrected chi connectivity index (χ2v) is 3.46. The summed E-state index contributed by atoms with van der Waals surface area (Å²) < 4.78 is 4.63. The summed E-state index contributed by atoms with van der Waals surface area (Å²) in [7, 11) is 3.43. The summed E-state index contributed by atoms with van der Waals surface area (Å²) >= 11 is 0. The van der Waals surface area contributed by atoms with E-state index in [4.69, 9.17) is 0 Å². The number of methoxy groups -OCH3 is 1. The van der Waals surface area contributed by atoms with Crippen LogP contribution in [-0.4, -0.2) is 37.6 Å². The zero-order valence-corrected chi connectivity index (χ0v) is 8.63. The maximum Gasteiger partial charge on any atom is 0.309 e. The van der Waals surface area contributed by atoms with Gasteiger partial charge in [0.1, 0.15) is 0 Å². The zero-order chi connectivity index (χ0) is 9.72. The zero-order valence-electron chi connectivity index (χ0n) is 8.63. The molecule has 0 aliphatic carbocycles. The third kappa shape index (κ3) is 3.72. The van der Waals surface area contributed by atoms with Gasteiger partial charge in [-0.25, -0.2) is 0 Å². The Balaban J connectivity index is 3.83. The summed E-state index contributed by atoms with van der Waals surface area (Å²) in [5.41, 5.74) is 0. The standard InChI is InChI=1S/C9H19NO2/c1-7(2)10(4)6-8(3)9(11)12-5/h7-8H,6H2,1-5H3/t8-/m1/s1. The summed E-state index contributed by atoms with van der Waals surface area (Å²) in [6.45, 7) is 6.84. The van der Waals surface area contributed by atoms with E-state index in [1.165, 1.54) is 7.11 Å². The Bertz CT molecular complexity index is 145. The van der Waals surface area contributed by atoms with Gasteiger partial charge in [0.25, 0.3) is 0 Å². The van der Waals surface area contributed by atoms with Gasteiger partial charge in [-0.05, 0) is 20.9 Å². The number of carbonyl (C=O) groups is 1. The third-order valence-electron chi connectivity index (χ3n) is 2.05. The van der Waals surface area contributed by atoms with Crippen molar-refractivity contribution in [2.45, 2.75) is 26.8 Å². The van der Waals surface area contributed by atoms with Crippen molar-refractivity contribution in [1.29, 1.82) is 0 Å². The van der Waals surface area contributed by atoms with E-state index < -0.39 is 0 Å². The van der Waals surface area contributed by atoms with Crippen LogP contribution in [0.4, 0.5) is 0 Å². The fraction of sp³-hybridized carbons (Fsp3) is 0.889. The summed E-state index contributed by atoms with van der Waals surface area (Å²) in [6, 6.07) is 0.470. The van der Waals surface area contributed by atoms with Gasteiger partial charge in [0.2, 0.25) is 0 Å². The van der Waals surface area contributed by atoms with Crippen molar-refractivity contribution in [2.75, 3.05) is 20.7 Å². The monoisotopic (exact) mass is 173 g/mol. The number of hydrogen-bond donors (Lipinski definition) is 0. The van der Waals surface area contributed by atoms with Crippen LogP contribution < -0.4 is 0 Å². The molecule has 12 heavy (non-hydrogen) atoms. The first-order chi connectivity index (χ1) is 5.49. The third-order valence-corrected chi connectivity index (χ3v) is 2.05. The topological polar surface area (TPSA) is 29.5 Å².